The molecular formula is C16H19Cl2NO4S. The predicted octanol–water partition coefficient (Wildman–Crippen LogP) is 3.21. The average Bonchev–Trinajstić information content (AvgIpc) is 3.20. The summed E-state index contributed by atoms with van der Waals surface area (Å²) in [5.41, 5.74) is 0.212. The van der Waals surface area contributed by atoms with Gasteiger partial charge in [-0.15, -0.1) is 23.2 Å². The van der Waals surface area contributed by atoms with Gasteiger partial charge in [0.15, 0.2) is 0 Å². The van der Waals surface area contributed by atoms with E-state index in [1.54, 1.807) is 12.1 Å². The number of halogens is 2. The Bertz CT molecular complexity index is 729. The Morgan fingerprint density at radius 1 is 1.25 bits per heavy atom. The first-order valence-corrected chi connectivity index (χ1v) is 10.2. The third kappa shape index (κ3) is 3.87. The summed E-state index contributed by atoms with van der Waals surface area (Å²) >= 11 is 11.8. The van der Waals surface area contributed by atoms with Gasteiger partial charge in [0, 0.05) is 19.0 Å². The molecule has 8 heteroatoms. The van der Waals surface area contributed by atoms with E-state index in [9.17, 15) is 13.2 Å². The van der Waals surface area contributed by atoms with E-state index >= 15 is 0 Å². The first kappa shape index (κ1) is 18.0. The molecule has 1 aromatic rings. The zero-order valence-corrected chi connectivity index (χ0v) is 15.4. The largest absolute Gasteiger partial charge is 0.462 e. The highest BCUT2D eigenvalue weighted by atomic mass is 35.5. The lowest BCUT2D eigenvalue weighted by atomic mass is 10.2. The summed E-state index contributed by atoms with van der Waals surface area (Å²) in [6.45, 7) is 1.17. The van der Waals surface area contributed by atoms with E-state index in [1.165, 1.54) is 16.4 Å². The number of nitrogens with zero attached hydrogens (tertiary/aromatic N) is 1. The molecule has 0 unspecified atom stereocenters. The molecule has 5 nitrogen and oxygen atoms in total. The molecule has 1 atom stereocenters. The maximum absolute atomic E-state index is 12.7. The van der Waals surface area contributed by atoms with Crippen molar-refractivity contribution in [3.63, 3.8) is 0 Å². The van der Waals surface area contributed by atoms with Crippen LogP contribution in [0.15, 0.2) is 29.2 Å². The van der Waals surface area contributed by atoms with Crippen molar-refractivity contribution in [3.8, 4) is 0 Å². The van der Waals surface area contributed by atoms with Crippen LogP contribution < -0.4 is 0 Å². The van der Waals surface area contributed by atoms with Crippen LogP contribution in [0.25, 0.3) is 0 Å². The number of piperidine rings is 1. The van der Waals surface area contributed by atoms with Crippen molar-refractivity contribution in [1.29, 1.82) is 0 Å². The van der Waals surface area contributed by atoms with Crippen molar-refractivity contribution in [2.75, 3.05) is 19.7 Å². The summed E-state index contributed by atoms with van der Waals surface area (Å²) in [5.74, 6) is -0.633. The summed E-state index contributed by atoms with van der Waals surface area (Å²) < 4.78 is 31.2. The summed E-state index contributed by atoms with van der Waals surface area (Å²) in [4.78, 5) is 12.2. The summed E-state index contributed by atoms with van der Waals surface area (Å²) in [7, 11) is -3.57. The van der Waals surface area contributed by atoms with Crippen LogP contribution in [0.3, 0.4) is 0 Å². The molecule has 0 aromatic heterocycles. The van der Waals surface area contributed by atoms with Crippen LogP contribution in [0, 0.1) is 5.92 Å². The number of sulfonamides is 1. The molecule has 3 rings (SSSR count). The second-order valence-electron chi connectivity index (χ2n) is 6.25. The molecule has 0 bridgehead atoms. The molecule has 1 saturated heterocycles. The second-order valence-corrected chi connectivity index (χ2v) is 9.73. The summed E-state index contributed by atoms with van der Waals surface area (Å²) in [5, 5.41) is 0. The number of hydrogen-bond acceptors (Lipinski definition) is 4. The number of rotatable bonds is 5. The number of benzene rings is 1. The number of carbonyl (C=O) groups is 1. The minimum atomic E-state index is -3.57. The molecule has 0 N–H and O–H groups in total. The Morgan fingerprint density at radius 3 is 2.54 bits per heavy atom. The van der Waals surface area contributed by atoms with Crippen molar-refractivity contribution in [1.82, 2.24) is 4.31 Å². The van der Waals surface area contributed by atoms with Gasteiger partial charge in [-0.2, -0.15) is 4.31 Å². The second kappa shape index (κ2) is 6.83. The van der Waals surface area contributed by atoms with E-state index in [-0.39, 0.29) is 23.0 Å². The number of carbonyl (C=O) groups excluding carboxylic acids is 1. The van der Waals surface area contributed by atoms with Crippen molar-refractivity contribution >= 4 is 39.2 Å². The molecule has 0 spiro atoms. The zero-order valence-electron chi connectivity index (χ0n) is 13.1. The lowest BCUT2D eigenvalue weighted by Gasteiger charge is -2.25. The van der Waals surface area contributed by atoms with Crippen LogP contribution in [-0.4, -0.2) is 42.7 Å². The highest BCUT2D eigenvalue weighted by Gasteiger charge is 2.52. The summed E-state index contributed by atoms with van der Waals surface area (Å²) in [6, 6.07) is 5.97. The fraction of sp³-hybridized carbons (Fsp3) is 0.562. The molecule has 132 valence electrons. The maximum atomic E-state index is 12.7. The van der Waals surface area contributed by atoms with Crippen LogP contribution in [-0.2, 0) is 14.8 Å². The standard InChI is InChI=1S/C16H19Cl2NO4S/c17-16(18)10-13(16)11-23-15(20)12-5-4-6-14(9-12)24(21,22)19-7-2-1-3-8-19/h4-6,9,13H,1-3,7-8,10-11H2/t13-/m1/s1. The van der Waals surface area contributed by atoms with Crippen molar-refractivity contribution < 1.29 is 17.9 Å². The minimum absolute atomic E-state index is 0.0648. The third-order valence-electron chi connectivity index (χ3n) is 4.39. The topological polar surface area (TPSA) is 63.7 Å². The number of hydrogen-bond donors (Lipinski definition) is 0. The van der Waals surface area contributed by atoms with Gasteiger partial charge >= 0.3 is 5.97 Å². The first-order chi connectivity index (χ1) is 11.3. The molecule has 1 aliphatic heterocycles. The zero-order chi connectivity index (χ0) is 17.4. The minimum Gasteiger partial charge on any atom is -0.462 e. The fourth-order valence-corrected chi connectivity index (χ4v) is 4.81. The van der Waals surface area contributed by atoms with Crippen LogP contribution in [0.2, 0.25) is 0 Å². The van der Waals surface area contributed by atoms with Gasteiger partial charge < -0.3 is 4.74 Å². The van der Waals surface area contributed by atoms with Gasteiger partial charge in [-0.25, -0.2) is 13.2 Å². The van der Waals surface area contributed by atoms with Gasteiger partial charge in [0.25, 0.3) is 0 Å². The lowest BCUT2D eigenvalue weighted by Crippen LogP contribution is -2.35. The van der Waals surface area contributed by atoms with Gasteiger partial charge in [-0.3, -0.25) is 0 Å². The molecule has 1 aromatic carbocycles. The monoisotopic (exact) mass is 391 g/mol. The molecule has 2 fully saturated rings. The molecule has 2 aliphatic rings. The number of alkyl halides is 2. The Hall–Kier alpha value is -0.820. The number of esters is 1. The van der Waals surface area contributed by atoms with Gasteiger partial charge in [-0.1, -0.05) is 12.5 Å². The molecular weight excluding hydrogens is 373 g/mol. The van der Waals surface area contributed by atoms with Crippen LogP contribution >= 0.6 is 23.2 Å². The first-order valence-electron chi connectivity index (χ1n) is 7.96. The van der Waals surface area contributed by atoms with Crippen molar-refractivity contribution in [3.05, 3.63) is 29.8 Å². The van der Waals surface area contributed by atoms with E-state index in [1.807, 2.05) is 0 Å². The van der Waals surface area contributed by atoms with Crippen LogP contribution in [0.4, 0.5) is 0 Å². The van der Waals surface area contributed by atoms with Gasteiger partial charge in [-0.05, 0) is 37.5 Å². The van der Waals surface area contributed by atoms with Crippen LogP contribution in [0.1, 0.15) is 36.0 Å². The smallest absolute Gasteiger partial charge is 0.338 e. The highest BCUT2D eigenvalue weighted by Crippen LogP contribution is 2.53. The molecule has 0 amide bonds. The predicted molar refractivity (Wildman–Crippen MR) is 91.9 cm³/mol. The van der Waals surface area contributed by atoms with Crippen LogP contribution in [0.5, 0.6) is 0 Å². The Balaban J connectivity index is 1.70. The van der Waals surface area contributed by atoms with Crippen molar-refractivity contribution in [2.24, 2.45) is 5.92 Å². The Kier molecular flexibility index (Phi) is 5.12. The quantitative estimate of drug-likeness (QED) is 0.570. The van der Waals surface area contributed by atoms with Gasteiger partial charge in [0.2, 0.25) is 10.0 Å². The molecule has 1 saturated carbocycles. The fourth-order valence-electron chi connectivity index (χ4n) is 2.75. The molecule has 1 heterocycles. The average molecular weight is 392 g/mol. The lowest BCUT2D eigenvalue weighted by molar-refractivity contribution is 0.0485. The Morgan fingerprint density at radius 2 is 1.92 bits per heavy atom. The van der Waals surface area contributed by atoms with E-state index in [4.69, 9.17) is 27.9 Å². The van der Waals surface area contributed by atoms with E-state index in [0.29, 0.717) is 19.5 Å². The third-order valence-corrected chi connectivity index (χ3v) is 7.21. The summed E-state index contributed by atoms with van der Waals surface area (Å²) in [6.07, 6.45) is 3.36. The molecule has 1 aliphatic carbocycles. The van der Waals surface area contributed by atoms with E-state index in [0.717, 1.165) is 19.3 Å². The van der Waals surface area contributed by atoms with Gasteiger partial charge in [0.05, 0.1) is 17.1 Å². The van der Waals surface area contributed by atoms with Crippen molar-refractivity contribution in [2.45, 2.75) is 34.9 Å². The SMILES string of the molecule is O=C(OC[C@H]1CC1(Cl)Cl)c1cccc(S(=O)(=O)N2CCCCC2)c1. The van der Waals surface area contributed by atoms with Gasteiger partial charge in [0.1, 0.15) is 4.33 Å². The molecule has 0 radical (unpaired) electrons. The molecule has 24 heavy (non-hydrogen) atoms. The normalized spacial score (nSPS) is 23.7. The maximum Gasteiger partial charge on any atom is 0.338 e. The van der Waals surface area contributed by atoms with E-state index in [2.05, 4.69) is 0 Å². The van der Waals surface area contributed by atoms with E-state index < -0.39 is 20.3 Å². The highest BCUT2D eigenvalue weighted by molar-refractivity contribution is 7.89. The number of ether oxygens (including phenoxy) is 1. The Labute approximate surface area is 151 Å².